The first-order chi connectivity index (χ1) is 11.2. The zero-order valence-electron chi connectivity index (χ0n) is 12.7. The highest BCUT2D eigenvalue weighted by molar-refractivity contribution is 5.92. The molecule has 4 rings (SSSR count). The van der Waals surface area contributed by atoms with Gasteiger partial charge in [0.15, 0.2) is 0 Å². The molecule has 0 amide bonds. The third-order valence-corrected chi connectivity index (χ3v) is 4.05. The van der Waals surface area contributed by atoms with Crippen molar-refractivity contribution < 1.29 is 0 Å². The van der Waals surface area contributed by atoms with E-state index in [4.69, 9.17) is 0 Å². The lowest BCUT2D eigenvalue weighted by atomic mass is 10.1. The van der Waals surface area contributed by atoms with E-state index in [2.05, 4.69) is 26.7 Å². The molecule has 3 aromatic heterocycles. The standard InChI is InChI=1S/C18H16N4O/c1-21-12-15(14-7-8-19-16(14)18(21)23)17-20-9-10-22(17)11-13-5-3-2-4-6-13/h2-10,12,19H,11H2,1H3. The molecule has 23 heavy (non-hydrogen) atoms. The Kier molecular flexibility index (Phi) is 3.12. The van der Waals surface area contributed by atoms with Gasteiger partial charge in [0.2, 0.25) is 0 Å². The number of nitrogens with one attached hydrogen (secondary N) is 1. The molecule has 0 aliphatic heterocycles. The SMILES string of the molecule is Cn1cc(-c2nccn2Cc2ccccc2)c2cc[nH]c2c1=O. The number of pyridine rings is 1. The van der Waals surface area contributed by atoms with Crippen LogP contribution >= 0.6 is 0 Å². The zero-order valence-corrected chi connectivity index (χ0v) is 12.7. The van der Waals surface area contributed by atoms with Crippen molar-refractivity contribution in [3.8, 4) is 11.4 Å². The van der Waals surface area contributed by atoms with Crippen LogP contribution in [0.2, 0.25) is 0 Å². The van der Waals surface area contributed by atoms with Gasteiger partial charge >= 0.3 is 0 Å². The summed E-state index contributed by atoms with van der Waals surface area (Å²) in [6, 6.07) is 12.2. The van der Waals surface area contributed by atoms with Crippen LogP contribution in [0, 0.1) is 0 Å². The minimum atomic E-state index is -0.0325. The minimum absolute atomic E-state index is 0.0325. The third kappa shape index (κ3) is 2.26. The Morgan fingerprint density at radius 2 is 2.00 bits per heavy atom. The average Bonchev–Trinajstić information content (AvgIpc) is 3.21. The molecule has 1 N–H and O–H groups in total. The Labute approximate surface area is 132 Å². The second kappa shape index (κ2) is 5.28. The maximum atomic E-state index is 12.2. The van der Waals surface area contributed by atoms with Crippen molar-refractivity contribution in [3.63, 3.8) is 0 Å². The summed E-state index contributed by atoms with van der Waals surface area (Å²) in [6.45, 7) is 0.741. The van der Waals surface area contributed by atoms with Gasteiger partial charge in [0.05, 0.1) is 0 Å². The Morgan fingerprint density at radius 1 is 1.17 bits per heavy atom. The Morgan fingerprint density at radius 3 is 2.83 bits per heavy atom. The van der Waals surface area contributed by atoms with E-state index in [0.717, 1.165) is 23.3 Å². The van der Waals surface area contributed by atoms with Crippen molar-refractivity contribution in [1.82, 2.24) is 19.1 Å². The first kappa shape index (κ1) is 13.6. The van der Waals surface area contributed by atoms with Crippen molar-refractivity contribution in [1.29, 1.82) is 0 Å². The summed E-state index contributed by atoms with van der Waals surface area (Å²) in [5.74, 6) is 0.856. The number of hydrogen-bond donors (Lipinski definition) is 1. The number of rotatable bonds is 3. The topological polar surface area (TPSA) is 55.6 Å². The first-order valence-electron chi connectivity index (χ1n) is 7.46. The highest BCUT2D eigenvalue weighted by Crippen LogP contribution is 2.25. The number of nitrogens with zero attached hydrogens (tertiary/aromatic N) is 3. The number of hydrogen-bond acceptors (Lipinski definition) is 2. The third-order valence-electron chi connectivity index (χ3n) is 4.05. The van der Waals surface area contributed by atoms with Gasteiger partial charge in [0, 0.05) is 49.3 Å². The van der Waals surface area contributed by atoms with Crippen LogP contribution in [0.25, 0.3) is 22.3 Å². The summed E-state index contributed by atoms with van der Waals surface area (Å²) in [5, 5.41) is 0.897. The van der Waals surface area contributed by atoms with Gasteiger partial charge in [-0.05, 0) is 11.6 Å². The molecule has 0 radical (unpaired) electrons. The lowest BCUT2D eigenvalue weighted by molar-refractivity contribution is 0.803. The Bertz CT molecular complexity index is 1020. The van der Waals surface area contributed by atoms with Crippen molar-refractivity contribution in [2.75, 3.05) is 0 Å². The number of aromatic amines is 1. The summed E-state index contributed by atoms with van der Waals surface area (Å²) < 4.78 is 3.69. The predicted molar refractivity (Wildman–Crippen MR) is 90.3 cm³/mol. The van der Waals surface area contributed by atoms with E-state index >= 15 is 0 Å². The summed E-state index contributed by atoms with van der Waals surface area (Å²) in [4.78, 5) is 19.7. The molecule has 0 aliphatic carbocycles. The van der Waals surface area contributed by atoms with Gasteiger partial charge in [-0.3, -0.25) is 4.79 Å². The van der Waals surface area contributed by atoms with Crippen LogP contribution in [0.3, 0.4) is 0 Å². The van der Waals surface area contributed by atoms with E-state index in [9.17, 15) is 4.79 Å². The monoisotopic (exact) mass is 304 g/mol. The van der Waals surface area contributed by atoms with E-state index in [-0.39, 0.29) is 5.56 Å². The van der Waals surface area contributed by atoms with Crippen LogP contribution in [0.5, 0.6) is 0 Å². The molecule has 4 aromatic rings. The van der Waals surface area contributed by atoms with Crippen LogP contribution in [-0.4, -0.2) is 19.1 Å². The van der Waals surface area contributed by atoms with Crippen LogP contribution < -0.4 is 5.56 Å². The molecule has 3 heterocycles. The van der Waals surface area contributed by atoms with Crippen molar-refractivity contribution in [2.45, 2.75) is 6.54 Å². The summed E-state index contributed by atoms with van der Waals surface area (Å²) in [6.07, 6.45) is 7.40. The minimum Gasteiger partial charge on any atom is -0.357 e. The number of imidazole rings is 1. The van der Waals surface area contributed by atoms with E-state index in [1.807, 2.05) is 36.7 Å². The average molecular weight is 304 g/mol. The van der Waals surface area contributed by atoms with E-state index < -0.39 is 0 Å². The number of aromatic nitrogens is 4. The molecule has 0 spiro atoms. The quantitative estimate of drug-likeness (QED) is 0.633. The van der Waals surface area contributed by atoms with Crippen LogP contribution in [-0.2, 0) is 13.6 Å². The first-order valence-corrected chi connectivity index (χ1v) is 7.46. The summed E-state index contributed by atoms with van der Waals surface area (Å²) in [5.41, 5.74) is 2.74. The molecular formula is C18H16N4O. The van der Waals surface area contributed by atoms with Crippen molar-refractivity contribution in [2.24, 2.45) is 7.05 Å². The van der Waals surface area contributed by atoms with Crippen LogP contribution in [0.4, 0.5) is 0 Å². The largest absolute Gasteiger partial charge is 0.357 e. The number of fused-ring (bicyclic) bond motifs is 1. The second-order valence-corrected chi connectivity index (χ2v) is 5.59. The lowest BCUT2D eigenvalue weighted by Crippen LogP contribution is -2.17. The fraction of sp³-hybridized carbons (Fsp3) is 0.111. The lowest BCUT2D eigenvalue weighted by Gasteiger charge is -2.10. The molecule has 0 aliphatic rings. The van der Waals surface area contributed by atoms with E-state index in [0.29, 0.717) is 5.52 Å². The second-order valence-electron chi connectivity index (χ2n) is 5.59. The fourth-order valence-electron chi connectivity index (χ4n) is 2.91. The van der Waals surface area contributed by atoms with Gasteiger partial charge in [0.1, 0.15) is 11.3 Å². The molecule has 0 atom stereocenters. The molecule has 0 unspecified atom stereocenters. The van der Waals surface area contributed by atoms with Crippen molar-refractivity contribution in [3.05, 3.63) is 77.1 Å². The summed E-state index contributed by atoms with van der Waals surface area (Å²) >= 11 is 0. The molecular weight excluding hydrogens is 288 g/mol. The predicted octanol–water partition coefficient (Wildman–Crippen LogP) is 2.78. The molecule has 0 bridgehead atoms. The molecule has 0 saturated heterocycles. The highest BCUT2D eigenvalue weighted by Gasteiger charge is 2.14. The maximum Gasteiger partial charge on any atom is 0.274 e. The van der Waals surface area contributed by atoms with Crippen molar-refractivity contribution >= 4 is 10.9 Å². The number of benzene rings is 1. The van der Waals surface area contributed by atoms with Gasteiger partial charge in [-0.15, -0.1) is 0 Å². The van der Waals surface area contributed by atoms with E-state index in [1.165, 1.54) is 5.56 Å². The molecule has 5 heteroatoms. The smallest absolute Gasteiger partial charge is 0.274 e. The van der Waals surface area contributed by atoms with Gasteiger partial charge in [-0.1, -0.05) is 30.3 Å². The van der Waals surface area contributed by atoms with Gasteiger partial charge < -0.3 is 14.1 Å². The zero-order chi connectivity index (χ0) is 15.8. The van der Waals surface area contributed by atoms with Gasteiger partial charge in [0.25, 0.3) is 5.56 Å². The molecule has 114 valence electrons. The molecule has 5 nitrogen and oxygen atoms in total. The Hall–Kier alpha value is -3.08. The van der Waals surface area contributed by atoms with Crippen LogP contribution in [0.15, 0.2) is 66.0 Å². The number of aryl methyl sites for hydroxylation is 1. The molecule has 0 saturated carbocycles. The van der Waals surface area contributed by atoms with E-state index in [1.54, 1.807) is 24.0 Å². The molecule has 0 fully saturated rings. The Balaban J connectivity index is 1.87. The van der Waals surface area contributed by atoms with Gasteiger partial charge in [-0.25, -0.2) is 4.98 Å². The number of H-pyrrole nitrogens is 1. The van der Waals surface area contributed by atoms with Crippen LogP contribution in [0.1, 0.15) is 5.56 Å². The fourth-order valence-corrected chi connectivity index (χ4v) is 2.91. The summed E-state index contributed by atoms with van der Waals surface area (Å²) in [7, 11) is 1.76. The van der Waals surface area contributed by atoms with Gasteiger partial charge in [-0.2, -0.15) is 0 Å². The highest BCUT2D eigenvalue weighted by atomic mass is 16.1. The normalized spacial score (nSPS) is 11.2. The maximum absolute atomic E-state index is 12.2. The molecule has 1 aromatic carbocycles.